The number of pyridine rings is 2. The molecule has 2 aliphatic rings. The van der Waals surface area contributed by atoms with Crippen molar-refractivity contribution in [1.82, 2.24) is 30.4 Å². The molecule has 1 aromatic carbocycles. The van der Waals surface area contributed by atoms with Crippen LogP contribution in [-0.2, 0) is 41.6 Å². The fourth-order valence-electron chi connectivity index (χ4n) is 6.52. The topological polar surface area (TPSA) is 169 Å². The molecule has 2 N–H and O–H groups in total. The number of carbonyl (C=O) groups excluding carboxylic acids is 5. The second-order valence-electron chi connectivity index (χ2n) is 16.3. The van der Waals surface area contributed by atoms with Gasteiger partial charge in [-0.25, -0.2) is 9.18 Å². The van der Waals surface area contributed by atoms with Gasteiger partial charge in [-0.3, -0.25) is 34.0 Å². The summed E-state index contributed by atoms with van der Waals surface area (Å²) in [4.78, 5) is 76.2. The second kappa shape index (κ2) is 19.1. The van der Waals surface area contributed by atoms with Crippen molar-refractivity contribution in [2.45, 2.75) is 78.5 Å². The molecule has 2 fully saturated rings. The van der Waals surface area contributed by atoms with Crippen molar-refractivity contribution in [1.29, 1.82) is 0 Å². The van der Waals surface area contributed by atoms with Gasteiger partial charge >= 0.3 is 12.1 Å². The Hall–Kier alpha value is -5.48. The molecule has 1 saturated heterocycles. The molecule has 59 heavy (non-hydrogen) atoms. The maximum Gasteiger partial charge on any atom is 0.408 e. The number of fused-ring (bicyclic) bond motifs is 1. The molecule has 4 aromatic rings. The van der Waals surface area contributed by atoms with Gasteiger partial charge in [0.2, 0.25) is 5.91 Å². The van der Waals surface area contributed by atoms with Crippen LogP contribution in [0.1, 0.15) is 65.0 Å². The number of rotatable bonds is 16. The van der Waals surface area contributed by atoms with Crippen molar-refractivity contribution >= 4 is 51.2 Å². The Kier molecular flexibility index (Phi) is 13.9. The first-order chi connectivity index (χ1) is 28.1. The third-order valence-electron chi connectivity index (χ3n) is 9.80. The molecule has 0 spiro atoms. The fraction of sp³-hybridized carbons (Fsp3) is 0.465. The number of Topliss-reactive ketones (excluding diaryl/α,β-unsaturated/α-hetero) is 1. The third-order valence-corrected chi connectivity index (χ3v) is 11.0. The molecule has 0 bridgehead atoms. The van der Waals surface area contributed by atoms with Crippen molar-refractivity contribution in [3.63, 3.8) is 0 Å². The maximum absolute atomic E-state index is 15.1. The molecule has 0 unspecified atom stereocenters. The number of hydrogen-bond acceptors (Lipinski definition) is 12. The van der Waals surface area contributed by atoms with Crippen molar-refractivity contribution in [3.05, 3.63) is 71.8 Å². The number of nitrogens with zero attached hydrogens (tertiary/aromatic N) is 4. The number of piperazine rings is 1. The van der Waals surface area contributed by atoms with E-state index in [1.54, 1.807) is 63.9 Å². The van der Waals surface area contributed by atoms with E-state index < -0.39 is 48.6 Å². The zero-order chi connectivity index (χ0) is 42.3. The average molecular weight is 831 g/mol. The lowest BCUT2D eigenvalue weighted by atomic mass is 10.0. The minimum atomic E-state index is -0.927. The van der Waals surface area contributed by atoms with Gasteiger partial charge in [-0.1, -0.05) is 26.0 Å². The van der Waals surface area contributed by atoms with Crippen LogP contribution in [0.4, 0.5) is 9.18 Å². The smallest absolute Gasteiger partial charge is 0.408 e. The number of amides is 3. The minimum absolute atomic E-state index is 0.0766. The van der Waals surface area contributed by atoms with E-state index in [-0.39, 0.29) is 29.8 Å². The molecule has 14 nitrogen and oxygen atoms in total. The van der Waals surface area contributed by atoms with Gasteiger partial charge in [0.05, 0.1) is 20.8 Å². The molecule has 3 amide bonds. The first-order valence-corrected chi connectivity index (χ1v) is 20.7. The first-order valence-electron chi connectivity index (χ1n) is 19.8. The van der Waals surface area contributed by atoms with Crippen LogP contribution in [-0.4, -0.2) is 100 Å². The van der Waals surface area contributed by atoms with E-state index in [1.807, 2.05) is 24.4 Å². The summed E-state index contributed by atoms with van der Waals surface area (Å²) < 4.78 is 32.2. The summed E-state index contributed by atoms with van der Waals surface area (Å²) in [6, 6.07) is 11.3. The number of aromatic nitrogens is 2. The quantitative estimate of drug-likeness (QED) is 0.126. The van der Waals surface area contributed by atoms with Crippen LogP contribution < -0.4 is 15.4 Å². The molecule has 1 saturated carbocycles. The number of halogens is 1. The Morgan fingerprint density at radius 1 is 0.949 bits per heavy atom. The van der Waals surface area contributed by atoms with Crippen LogP contribution in [0.2, 0.25) is 0 Å². The molecule has 0 radical (unpaired) electrons. The predicted octanol–water partition coefficient (Wildman–Crippen LogP) is 6.05. The lowest BCUT2D eigenvalue weighted by molar-refractivity contribution is -0.152. The lowest BCUT2D eigenvalue weighted by Crippen LogP contribution is -2.52. The molecule has 1 atom stereocenters. The molecule has 16 heteroatoms. The number of thiophene rings is 1. The molecule has 3 aromatic heterocycles. The molecule has 1 aliphatic heterocycles. The zero-order valence-electron chi connectivity index (χ0n) is 34.0. The minimum Gasteiger partial charge on any atom is -0.454 e. The summed E-state index contributed by atoms with van der Waals surface area (Å²) >= 11 is 1.45. The summed E-state index contributed by atoms with van der Waals surface area (Å²) in [5.74, 6) is -1.29. The van der Waals surface area contributed by atoms with Gasteiger partial charge in [0, 0.05) is 64.0 Å². The van der Waals surface area contributed by atoms with E-state index in [0.717, 1.165) is 33.7 Å². The van der Waals surface area contributed by atoms with E-state index in [2.05, 4.69) is 20.5 Å². The summed E-state index contributed by atoms with van der Waals surface area (Å²) in [6.45, 7) is 10.5. The van der Waals surface area contributed by atoms with Gasteiger partial charge in [-0.05, 0) is 80.8 Å². The van der Waals surface area contributed by atoms with Crippen molar-refractivity contribution in [3.8, 4) is 22.1 Å². The van der Waals surface area contributed by atoms with Gasteiger partial charge < -0.3 is 29.7 Å². The van der Waals surface area contributed by atoms with Gasteiger partial charge in [0.25, 0.3) is 5.91 Å². The number of ether oxygens (including phenoxy) is 3. The van der Waals surface area contributed by atoms with E-state index in [1.165, 1.54) is 17.4 Å². The van der Waals surface area contributed by atoms with Crippen molar-refractivity contribution < 1.29 is 42.6 Å². The van der Waals surface area contributed by atoms with Crippen molar-refractivity contribution in [2.75, 3.05) is 39.3 Å². The van der Waals surface area contributed by atoms with Crippen LogP contribution in [0.3, 0.4) is 0 Å². The molecule has 4 heterocycles. The Morgan fingerprint density at radius 3 is 2.36 bits per heavy atom. The van der Waals surface area contributed by atoms with Crippen LogP contribution in [0.25, 0.3) is 20.8 Å². The van der Waals surface area contributed by atoms with Crippen LogP contribution in [0, 0.1) is 17.7 Å². The number of benzene rings is 1. The largest absolute Gasteiger partial charge is 0.454 e. The lowest BCUT2D eigenvalue weighted by Gasteiger charge is -2.34. The van der Waals surface area contributed by atoms with Gasteiger partial charge in [0.15, 0.2) is 18.2 Å². The number of hydrogen-bond donors (Lipinski definition) is 2. The Bertz CT molecular complexity index is 2160. The first kappa shape index (κ1) is 43.1. The van der Waals surface area contributed by atoms with Crippen molar-refractivity contribution in [2.24, 2.45) is 11.8 Å². The monoisotopic (exact) mass is 830 g/mol. The maximum atomic E-state index is 15.1. The highest BCUT2D eigenvalue weighted by molar-refractivity contribution is 7.22. The number of ketones is 1. The zero-order valence-corrected chi connectivity index (χ0v) is 34.9. The van der Waals surface area contributed by atoms with Gasteiger partial charge in [-0.15, -0.1) is 11.3 Å². The number of nitrogens with one attached hydrogen (secondary N) is 2. The number of esters is 1. The number of alkyl carbamates (subject to hydrolysis) is 1. The molecule has 1 aliphatic carbocycles. The van der Waals surface area contributed by atoms with E-state index >= 15 is 4.39 Å². The second-order valence-corrected chi connectivity index (χ2v) is 17.4. The molecule has 6 rings (SSSR count). The SMILES string of the molecule is CC(C)[C@H](NC(=O)OC(C)(C)C)C(=O)NCC(=O)OCC(=O)N1CCN(Cc2ccc(-c3cc4nccc(Oc5ccc(CC(=O)CC6CC6)cc5F)c4s3)nc2)CC1. The van der Waals surface area contributed by atoms with Crippen LogP contribution >= 0.6 is 11.3 Å². The Labute approximate surface area is 346 Å². The number of carbonyl (C=O) groups is 5. The Morgan fingerprint density at radius 2 is 1.69 bits per heavy atom. The Balaban J connectivity index is 0.937. The van der Waals surface area contributed by atoms with Gasteiger partial charge in [-0.2, -0.15) is 0 Å². The van der Waals surface area contributed by atoms with E-state index in [4.69, 9.17) is 19.2 Å². The molecular weight excluding hydrogens is 780 g/mol. The highest BCUT2D eigenvalue weighted by atomic mass is 32.1. The summed E-state index contributed by atoms with van der Waals surface area (Å²) in [5, 5.41) is 4.98. The molecular formula is C43H51FN6O8S. The van der Waals surface area contributed by atoms with Crippen LogP contribution in [0.5, 0.6) is 11.5 Å². The highest BCUT2D eigenvalue weighted by Gasteiger charge is 2.28. The van der Waals surface area contributed by atoms with E-state index in [0.29, 0.717) is 61.9 Å². The molecule has 314 valence electrons. The standard InChI is InChI=1S/C43H51FN6O8S/c1-26(2)39(48-42(55)58-43(3,4)5)41(54)47-23-38(53)56-25-37(52)50-16-14-49(15-17-50)24-29-8-10-32(46-22-29)36-21-33-40(59-36)35(12-13-45-33)57-34-11-9-28(20-31(34)44)19-30(51)18-27-6-7-27/h8-13,20-22,26-27,39H,6-7,14-19,23-25H2,1-5H3,(H,47,54)(H,48,55)/t39-/m0/s1. The average Bonchev–Trinajstić information content (AvgIpc) is 3.89. The predicted molar refractivity (Wildman–Crippen MR) is 219 cm³/mol. The fourth-order valence-corrected chi connectivity index (χ4v) is 7.56. The summed E-state index contributed by atoms with van der Waals surface area (Å²) in [7, 11) is 0. The summed E-state index contributed by atoms with van der Waals surface area (Å²) in [5.41, 5.74) is 2.37. The van der Waals surface area contributed by atoms with E-state index in [9.17, 15) is 24.0 Å². The normalized spacial score (nSPS) is 15.1. The van der Waals surface area contributed by atoms with Crippen LogP contribution in [0.15, 0.2) is 54.9 Å². The van der Waals surface area contributed by atoms with Gasteiger partial charge in [0.1, 0.15) is 29.7 Å². The highest BCUT2D eigenvalue weighted by Crippen LogP contribution is 2.39. The summed E-state index contributed by atoms with van der Waals surface area (Å²) in [6.07, 6.45) is 5.68. The third kappa shape index (κ3) is 12.5.